The molecular formula is C15H21N3O6S. The van der Waals surface area contributed by atoms with E-state index in [2.05, 4.69) is 11.9 Å². The maximum atomic E-state index is 12.4. The van der Waals surface area contributed by atoms with Gasteiger partial charge in [0.1, 0.15) is 23.7 Å². The quantitative estimate of drug-likeness (QED) is 0.231. The number of nitrogens with zero attached hydrogens (tertiary/aromatic N) is 2. The maximum Gasteiger partial charge on any atom is 0.358 e. The molecule has 10 heteroatoms. The molecule has 1 saturated heterocycles. The van der Waals surface area contributed by atoms with Crippen molar-refractivity contribution in [3.63, 3.8) is 0 Å². The predicted octanol–water partition coefficient (Wildman–Crippen LogP) is 0.205. The van der Waals surface area contributed by atoms with E-state index in [1.54, 1.807) is 20.8 Å². The molecule has 0 aromatic rings. The van der Waals surface area contributed by atoms with Gasteiger partial charge in [-0.05, 0) is 20.8 Å². The van der Waals surface area contributed by atoms with Crippen molar-refractivity contribution in [1.82, 2.24) is 4.90 Å². The smallest absolute Gasteiger partial charge is 0.358 e. The number of hydrogen-bond donors (Lipinski definition) is 1. The van der Waals surface area contributed by atoms with E-state index in [4.69, 9.17) is 20.0 Å². The van der Waals surface area contributed by atoms with Gasteiger partial charge in [0, 0.05) is 18.0 Å². The van der Waals surface area contributed by atoms with Gasteiger partial charge in [-0.3, -0.25) is 14.5 Å². The first-order valence-electron chi connectivity index (χ1n) is 7.53. The number of fused-ring (bicyclic) bond motifs is 1. The van der Waals surface area contributed by atoms with Gasteiger partial charge in [-0.1, -0.05) is 0 Å². The van der Waals surface area contributed by atoms with Crippen LogP contribution in [0.2, 0.25) is 0 Å². The van der Waals surface area contributed by atoms with Crippen LogP contribution in [-0.2, 0) is 28.7 Å². The number of amides is 1. The molecule has 0 radical (unpaired) electrons. The zero-order valence-corrected chi connectivity index (χ0v) is 15.1. The Morgan fingerprint density at radius 1 is 1.40 bits per heavy atom. The average molecular weight is 371 g/mol. The average Bonchev–Trinajstić information content (AvgIpc) is 2.57. The third kappa shape index (κ3) is 3.96. The van der Waals surface area contributed by atoms with Gasteiger partial charge in [0.2, 0.25) is 12.7 Å². The Kier molecular flexibility index (Phi) is 5.73. The molecule has 2 aliphatic heterocycles. The van der Waals surface area contributed by atoms with Gasteiger partial charge in [-0.15, -0.1) is 16.9 Å². The molecule has 0 aliphatic carbocycles. The number of rotatable bonds is 6. The molecule has 0 aromatic heterocycles. The van der Waals surface area contributed by atoms with Crippen LogP contribution in [0.3, 0.4) is 0 Å². The lowest BCUT2D eigenvalue weighted by Crippen LogP contribution is -2.68. The first-order chi connectivity index (χ1) is 11.7. The highest BCUT2D eigenvalue weighted by Crippen LogP contribution is 2.39. The first kappa shape index (κ1) is 19.3. The Balaban J connectivity index is 2.09. The fourth-order valence-electron chi connectivity index (χ4n) is 2.22. The number of nitrogens with two attached hydrogens (primary N) is 1. The Morgan fingerprint density at radius 3 is 2.68 bits per heavy atom. The molecule has 2 heterocycles. The summed E-state index contributed by atoms with van der Waals surface area (Å²) < 4.78 is 9.92. The van der Waals surface area contributed by atoms with Crippen molar-refractivity contribution in [2.75, 3.05) is 19.2 Å². The summed E-state index contributed by atoms with van der Waals surface area (Å²) >= 11 is 1.42. The van der Waals surface area contributed by atoms with Crippen LogP contribution in [0.25, 0.3) is 0 Å². The number of esters is 2. The molecule has 0 bridgehead atoms. The Labute approximate surface area is 149 Å². The lowest BCUT2D eigenvalue weighted by molar-refractivity contribution is -0.173. The van der Waals surface area contributed by atoms with Gasteiger partial charge in [0.05, 0.1) is 5.41 Å². The zero-order valence-electron chi connectivity index (χ0n) is 14.3. The van der Waals surface area contributed by atoms with Crippen LogP contribution >= 0.6 is 11.8 Å². The van der Waals surface area contributed by atoms with Crippen LogP contribution < -0.4 is 5.73 Å². The molecule has 9 nitrogen and oxygen atoms in total. The van der Waals surface area contributed by atoms with Gasteiger partial charge >= 0.3 is 11.9 Å². The topological polar surface area (TPSA) is 121 Å². The number of ether oxygens (including phenoxy) is 2. The van der Waals surface area contributed by atoms with Crippen LogP contribution in [0.5, 0.6) is 0 Å². The summed E-state index contributed by atoms with van der Waals surface area (Å²) in [5.41, 5.74) is 5.63. The summed E-state index contributed by atoms with van der Waals surface area (Å²) in [6.07, 6.45) is 0. The molecule has 1 fully saturated rings. The maximum absolute atomic E-state index is 12.4. The van der Waals surface area contributed by atoms with Crippen molar-refractivity contribution in [3.05, 3.63) is 11.3 Å². The normalized spacial score (nSPS) is 22.7. The van der Waals surface area contributed by atoms with E-state index in [-0.39, 0.29) is 23.6 Å². The zero-order chi connectivity index (χ0) is 18.8. The second-order valence-corrected chi connectivity index (χ2v) is 7.63. The molecule has 2 rings (SSSR count). The molecule has 0 spiro atoms. The third-order valence-corrected chi connectivity index (χ3v) is 4.96. The monoisotopic (exact) mass is 371 g/mol. The minimum atomic E-state index is -0.782. The van der Waals surface area contributed by atoms with Crippen molar-refractivity contribution >= 4 is 36.3 Å². The molecule has 25 heavy (non-hydrogen) atoms. The summed E-state index contributed by atoms with van der Waals surface area (Å²) in [6, 6.07) is -0.661. The van der Waals surface area contributed by atoms with E-state index >= 15 is 0 Å². The Hall–Kier alpha value is -2.07. The minimum absolute atomic E-state index is 0.00551. The Bertz CT molecular complexity index is 627. The van der Waals surface area contributed by atoms with E-state index in [0.717, 1.165) is 0 Å². The number of carbonyl (C=O) groups is 3. The number of oxime groups is 1. The minimum Gasteiger partial charge on any atom is -0.427 e. The number of β-lactam (4-membered cyclic amide) rings is 1. The second-order valence-electron chi connectivity index (χ2n) is 6.52. The van der Waals surface area contributed by atoms with Gasteiger partial charge in [0.15, 0.2) is 0 Å². The van der Waals surface area contributed by atoms with E-state index < -0.39 is 30.2 Å². The highest BCUT2D eigenvalue weighted by atomic mass is 32.2. The van der Waals surface area contributed by atoms with Crippen molar-refractivity contribution < 1.29 is 28.7 Å². The number of thioether (sulfide) groups is 1. The van der Waals surface area contributed by atoms with Crippen LogP contribution in [0.15, 0.2) is 16.4 Å². The Morgan fingerprint density at radius 2 is 2.08 bits per heavy atom. The molecule has 0 saturated carbocycles. The third-order valence-electron chi connectivity index (χ3n) is 3.60. The van der Waals surface area contributed by atoms with E-state index in [0.29, 0.717) is 11.3 Å². The summed E-state index contributed by atoms with van der Waals surface area (Å²) in [7, 11) is 0. The number of hydrogen-bond acceptors (Lipinski definition) is 9. The van der Waals surface area contributed by atoms with Gasteiger partial charge in [-0.2, -0.15) is 0 Å². The van der Waals surface area contributed by atoms with Crippen LogP contribution in [0.4, 0.5) is 0 Å². The van der Waals surface area contributed by atoms with Crippen molar-refractivity contribution in [3.8, 4) is 0 Å². The largest absolute Gasteiger partial charge is 0.427 e. The molecule has 2 aliphatic rings. The highest BCUT2D eigenvalue weighted by molar-refractivity contribution is 8.00. The molecule has 1 unspecified atom stereocenters. The lowest BCUT2D eigenvalue weighted by atomic mass is 9.98. The van der Waals surface area contributed by atoms with E-state index in [1.807, 2.05) is 0 Å². The molecule has 138 valence electrons. The summed E-state index contributed by atoms with van der Waals surface area (Å²) in [4.78, 5) is 42.3. The van der Waals surface area contributed by atoms with E-state index in [1.165, 1.54) is 16.7 Å². The van der Waals surface area contributed by atoms with Crippen molar-refractivity contribution in [2.45, 2.75) is 32.2 Å². The molecule has 1 amide bonds. The van der Waals surface area contributed by atoms with Crippen molar-refractivity contribution in [2.24, 2.45) is 16.3 Å². The second kappa shape index (κ2) is 7.44. The van der Waals surface area contributed by atoms with Gasteiger partial charge in [-0.25, -0.2) is 4.79 Å². The summed E-state index contributed by atoms with van der Waals surface area (Å²) in [6.45, 7) is 7.70. The highest BCUT2D eigenvalue weighted by Gasteiger charge is 2.52. The standard InChI is InChI=1S/C15H21N3O6S/c1-15(2,3)14(21)23-7-22-13(20)10-8(5-24-17-4)6-25-12-9(16)11(19)18(10)12/h9,12H,4-7,16H2,1-3H3/t9?,12-/m1/s1. The molecular weight excluding hydrogens is 350 g/mol. The summed E-state index contributed by atoms with van der Waals surface area (Å²) in [5.74, 6) is -1.23. The molecule has 2 atom stereocenters. The predicted molar refractivity (Wildman–Crippen MR) is 90.1 cm³/mol. The fraction of sp³-hybridized carbons (Fsp3) is 0.600. The molecule has 2 N–H and O–H groups in total. The van der Waals surface area contributed by atoms with Gasteiger partial charge in [0.25, 0.3) is 0 Å². The fourth-order valence-corrected chi connectivity index (χ4v) is 3.50. The van der Waals surface area contributed by atoms with Crippen LogP contribution in [-0.4, -0.2) is 60.0 Å². The number of carbonyl (C=O) groups excluding carboxylic acids is 3. The first-order valence-corrected chi connectivity index (χ1v) is 8.58. The van der Waals surface area contributed by atoms with Crippen LogP contribution in [0, 0.1) is 5.41 Å². The van der Waals surface area contributed by atoms with Crippen molar-refractivity contribution in [1.29, 1.82) is 0 Å². The summed E-state index contributed by atoms with van der Waals surface area (Å²) in [5, 5.41) is 2.96. The molecule has 0 aromatic carbocycles. The SMILES string of the molecule is C=NOCC1=C(C(=O)OCOC(=O)C(C)(C)C)N2C(=O)C(N)[C@H]2SC1. The van der Waals surface area contributed by atoms with Crippen LogP contribution in [0.1, 0.15) is 20.8 Å². The van der Waals surface area contributed by atoms with Gasteiger partial charge < -0.3 is 20.0 Å². The van der Waals surface area contributed by atoms with E-state index in [9.17, 15) is 14.4 Å². The lowest BCUT2D eigenvalue weighted by Gasteiger charge is -2.48.